The predicted molar refractivity (Wildman–Crippen MR) is 88.7 cm³/mol. The summed E-state index contributed by atoms with van der Waals surface area (Å²) < 4.78 is 12.5. The first-order chi connectivity index (χ1) is 10.1. The Kier molecular flexibility index (Phi) is 4.01. The minimum Gasteiger partial charge on any atom is -0.482 e. The molecule has 2 aromatic carbocycles. The summed E-state index contributed by atoms with van der Waals surface area (Å²) in [6.45, 7) is 1.83. The maximum absolute atomic E-state index is 12.4. The third-order valence-corrected chi connectivity index (χ3v) is 4.17. The normalized spacial score (nSPS) is 19.9. The Hall–Kier alpha value is -1.76. The molecule has 2 atom stereocenters. The topological polar surface area (TPSA) is 47.6 Å². The van der Waals surface area contributed by atoms with Gasteiger partial charge >= 0.3 is 0 Å². The van der Waals surface area contributed by atoms with Gasteiger partial charge in [0.05, 0.1) is 5.69 Å². The van der Waals surface area contributed by atoms with Crippen LogP contribution in [-0.4, -0.2) is 18.1 Å². The Labute approximate surface area is 136 Å². The molecule has 0 bridgehead atoms. The molecule has 0 fully saturated rings. The molecule has 108 valence electrons. The average Bonchev–Trinajstić information content (AvgIpc) is 2.49. The lowest BCUT2D eigenvalue weighted by molar-refractivity contribution is -0.128. The molecule has 1 aliphatic rings. The number of rotatable bonds is 2. The molecule has 0 aliphatic carbocycles. The fourth-order valence-corrected chi connectivity index (χ4v) is 2.69. The van der Waals surface area contributed by atoms with Crippen LogP contribution in [-0.2, 0) is 4.79 Å². The van der Waals surface area contributed by atoms with Gasteiger partial charge in [0.15, 0.2) is 11.5 Å². The van der Waals surface area contributed by atoms with Crippen molar-refractivity contribution in [2.75, 3.05) is 5.32 Å². The van der Waals surface area contributed by atoms with E-state index < -0.39 is 6.10 Å². The van der Waals surface area contributed by atoms with Crippen molar-refractivity contribution in [3.05, 3.63) is 52.1 Å². The number of halogens is 1. The van der Waals surface area contributed by atoms with E-state index in [1.54, 1.807) is 6.07 Å². The lowest BCUT2D eigenvalue weighted by Gasteiger charge is -2.31. The van der Waals surface area contributed by atoms with Gasteiger partial charge in [0.2, 0.25) is 6.10 Å². The number of nitrogens with one attached hydrogen (secondary N) is 1. The standard InChI is InChI=1S/C16H14INO3/c1-10-15(21-14-9-5-4-8-13(14)20-10)16(19)18-12-7-3-2-6-11(12)17/h2-10,15H,1H3,(H,18,19)/t10-,15-/m1/s1. The third-order valence-electron chi connectivity index (χ3n) is 3.23. The second kappa shape index (κ2) is 5.93. The summed E-state index contributed by atoms with van der Waals surface area (Å²) in [7, 11) is 0. The number of benzene rings is 2. The van der Waals surface area contributed by atoms with Gasteiger partial charge in [0.1, 0.15) is 6.10 Å². The summed E-state index contributed by atoms with van der Waals surface area (Å²) in [5.41, 5.74) is 0.776. The van der Waals surface area contributed by atoms with E-state index in [0.29, 0.717) is 11.5 Å². The molecule has 3 rings (SSSR count). The van der Waals surface area contributed by atoms with Gasteiger partial charge in [-0.25, -0.2) is 0 Å². The number of carbonyl (C=O) groups is 1. The average molecular weight is 395 g/mol. The Morgan fingerprint density at radius 3 is 2.38 bits per heavy atom. The highest BCUT2D eigenvalue weighted by Crippen LogP contribution is 2.33. The van der Waals surface area contributed by atoms with Gasteiger partial charge in [-0.3, -0.25) is 4.79 Å². The van der Waals surface area contributed by atoms with E-state index in [9.17, 15) is 4.79 Å². The summed E-state index contributed by atoms with van der Waals surface area (Å²) in [5, 5.41) is 2.89. The quantitative estimate of drug-likeness (QED) is 0.793. The number of hydrogen-bond acceptors (Lipinski definition) is 3. The summed E-state index contributed by atoms with van der Waals surface area (Å²) in [5.74, 6) is 1.06. The summed E-state index contributed by atoms with van der Waals surface area (Å²) in [6.07, 6.45) is -1.02. The minimum absolute atomic E-state index is 0.207. The first-order valence-corrected chi connectivity index (χ1v) is 7.71. The molecule has 0 saturated carbocycles. The van der Waals surface area contributed by atoms with Gasteiger partial charge in [-0.1, -0.05) is 24.3 Å². The first-order valence-electron chi connectivity index (χ1n) is 6.63. The fraction of sp³-hybridized carbons (Fsp3) is 0.188. The molecule has 2 aromatic rings. The molecule has 4 nitrogen and oxygen atoms in total. The van der Waals surface area contributed by atoms with Crippen molar-refractivity contribution in [2.45, 2.75) is 19.1 Å². The molecule has 1 N–H and O–H groups in total. The van der Waals surface area contributed by atoms with Crippen molar-refractivity contribution in [3.8, 4) is 11.5 Å². The lowest BCUT2D eigenvalue weighted by atomic mass is 10.1. The Morgan fingerprint density at radius 1 is 1.05 bits per heavy atom. The van der Waals surface area contributed by atoms with Crippen molar-refractivity contribution >= 4 is 34.2 Å². The number of para-hydroxylation sites is 3. The molecule has 0 aromatic heterocycles. The van der Waals surface area contributed by atoms with Crippen LogP contribution < -0.4 is 14.8 Å². The van der Waals surface area contributed by atoms with Crippen LogP contribution in [0.3, 0.4) is 0 Å². The number of anilines is 1. The molecule has 1 amide bonds. The molecular weight excluding hydrogens is 381 g/mol. The van der Waals surface area contributed by atoms with Crippen molar-refractivity contribution < 1.29 is 14.3 Å². The monoisotopic (exact) mass is 395 g/mol. The molecular formula is C16H14INO3. The maximum atomic E-state index is 12.4. The number of hydrogen-bond donors (Lipinski definition) is 1. The van der Waals surface area contributed by atoms with E-state index in [1.807, 2.05) is 49.4 Å². The van der Waals surface area contributed by atoms with Gasteiger partial charge in [-0.15, -0.1) is 0 Å². The van der Waals surface area contributed by atoms with E-state index in [-0.39, 0.29) is 12.0 Å². The summed E-state index contributed by atoms with van der Waals surface area (Å²) in [4.78, 5) is 12.4. The zero-order valence-corrected chi connectivity index (χ0v) is 13.5. The highest BCUT2D eigenvalue weighted by molar-refractivity contribution is 14.1. The smallest absolute Gasteiger partial charge is 0.269 e. The number of fused-ring (bicyclic) bond motifs is 1. The van der Waals surface area contributed by atoms with Gasteiger partial charge in [0.25, 0.3) is 5.91 Å². The SMILES string of the molecule is C[C@H]1Oc2ccccc2O[C@H]1C(=O)Nc1ccccc1I. The van der Waals surface area contributed by atoms with E-state index >= 15 is 0 Å². The Bertz CT molecular complexity index is 674. The molecule has 1 heterocycles. The van der Waals surface area contributed by atoms with E-state index in [2.05, 4.69) is 27.9 Å². The highest BCUT2D eigenvalue weighted by atomic mass is 127. The van der Waals surface area contributed by atoms with Crippen molar-refractivity contribution in [1.82, 2.24) is 0 Å². The molecule has 21 heavy (non-hydrogen) atoms. The first kappa shape index (κ1) is 14.2. The second-order valence-electron chi connectivity index (χ2n) is 4.78. The largest absolute Gasteiger partial charge is 0.482 e. The van der Waals surface area contributed by atoms with E-state index in [0.717, 1.165) is 9.26 Å². The van der Waals surface area contributed by atoms with E-state index in [4.69, 9.17) is 9.47 Å². The number of ether oxygens (including phenoxy) is 2. The van der Waals surface area contributed by atoms with Gasteiger partial charge in [-0.05, 0) is 53.8 Å². The second-order valence-corrected chi connectivity index (χ2v) is 5.94. The number of amides is 1. The molecule has 5 heteroatoms. The van der Waals surface area contributed by atoms with Gasteiger partial charge < -0.3 is 14.8 Å². The van der Waals surface area contributed by atoms with Crippen molar-refractivity contribution in [3.63, 3.8) is 0 Å². The van der Waals surface area contributed by atoms with Crippen LogP contribution in [0.15, 0.2) is 48.5 Å². The van der Waals surface area contributed by atoms with Crippen LogP contribution in [0, 0.1) is 3.57 Å². The van der Waals surface area contributed by atoms with Crippen LogP contribution in [0.25, 0.3) is 0 Å². The zero-order chi connectivity index (χ0) is 14.8. The Morgan fingerprint density at radius 2 is 1.67 bits per heavy atom. The molecule has 0 spiro atoms. The van der Waals surface area contributed by atoms with E-state index in [1.165, 1.54) is 0 Å². The van der Waals surface area contributed by atoms with Crippen LogP contribution >= 0.6 is 22.6 Å². The zero-order valence-electron chi connectivity index (χ0n) is 11.4. The van der Waals surface area contributed by atoms with Crippen LogP contribution in [0.1, 0.15) is 6.92 Å². The van der Waals surface area contributed by atoms with Crippen molar-refractivity contribution in [2.24, 2.45) is 0 Å². The minimum atomic E-state index is -0.670. The molecule has 1 aliphatic heterocycles. The molecule has 0 saturated heterocycles. The number of carbonyl (C=O) groups excluding carboxylic acids is 1. The predicted octanol–water partition coefficient (Wildman–Crippen LogP) is 3.46. The fourth-order valence-electron chi connectivity index (χ4n) is 2.17. The van der Waals surface area contributed by atoms with Gasteiger partial charge in [0, 0.05) is 3.57 Å². The maximum Gasteiger partial charge on any atom is 0.269 e. The van der Waals surface area contributed by atoms with Crippen molar-refractivity contribution in [1.29, 1.82) is 0 Å². The lowest BCUT2D eigenvalue weighted by Crippen LogP contribution is -2.46. The molecule has 0 unspecified atom stereocenters. The highest BCUT2D eigenvalue weighted by Gasteiger charge is 2.34. The van der Waals surface area contributed by atoms with Crippen LogP contribution in [0.5, 0.6) is 11.5 Å². The summed E-state index contributed by atoms with van der Waals surface area (Å²) >= 11 is 2.18. The van der Waals surface area contributed by atoms with Crippen LogP contribution in [0.4, 0.5) is 5.69 Å². The Balaban J connectivity index is 1.78. The third kappa shape index (κ3) is 2.97. The summed E-state index contributed by atoms with van der Waals surface area (Å²) in [6, 6.07) is 15.0. The molecule has 0 radical (unpaired) electrons. The van der Waals surface area contributed by atoms with Crippen LogP contribution in [0.2, 0.25) is 0 Å². The van der Waals surface area contributed by atoms with Gasteiger partial charge in [-0.2, -0.15) is 0 Å².